The Balaban J connectivity index is 2.11. The number of amides is 4. The zero-order valence-electron chi connectivity index (χ0n) is 14.7. The fourth-order valence-electron chi connectivity index (χ4n) is 2.62. The highest BCUT2D eigenvalue weighted by Gasteiger charge is 2.37. The summed E-state index contributed by atoms with van der Waals surface area (Å²) in [5.41, 5.74) is -1.29. The van der Waals surface area contributed by atoms with Crippen molar-refractivity contribution in [3.63, 3.8) is 0 Å². The molecule has 0 spiro atoms. The normalized spacial score (nSPS) is 15.4. The number of phenolic OH excluding ortho intramolecular Hbond substituents is 1. The van der Waals surface area contributed by atoms with Crippen molar-refractivity contribution in [1.29, 1.82) is 0 Å². The molecule has 1 fully saturated rings. The van der Waals surface area contributed by atoms with E-state index in [0.717, 1.165) is 42.5 Å². The molecule has 0 saturated carbocycles. The molecule has 1 aliphatic heterocycles. The van der Waals surface area contributed by atoms with Gasteiger partial charge in [0, 0.05) is 11.6 Å². The molecular formula is C18H12FN3O7. The number of barbiturate groups is 1. The first-order valence-corrected chi connectivity index (χ1v) is 7.95. The van der Waals surface area contributed by atoms with Gasteiger partial charge in [0.05, 0.1) is 23.8 Å². The van der Waals surface area contributed by atoms with Gasteiger partial charge in [-0.25, -0.2) is 14.1 Å². The molecule has 1 saturated heterocycles. The van der Waals surface area contributed by atoms with Gasteiger partial charge in [-0.05, 0) is 30.3 Å². The van der Waals surface area contributed by atoms with E-state index in [1.54, 1.807) is 0 Å². The Hall–Kier alpha value is -4.28. The Morgan fingerprint density at radius 1 is 1.21 bits per heavy atom. The van der Waals surface area contributed by atoms with Crippen LogP contribution in [-0.4, -0.2) is 35.0 Å². The molecule has 29 heavy (non-hydrogen) atoms. The van der Waals surface area contributed by atoms with Crippen LogP contribution >= 0.6 is 0 Å². The molecule has 11 heteroatoms. The minimum absolute atomic E-state index is 0.00635. The van der Waals surface area contributed by atoms with E-state index >= 15 is 0 Å². The number of methoxy groups -OCH3 is 1. The summed E-state index contributed by atoms with van der Waals surface area (Å²) in [7, 11) is 1.17. The predicted octanol–water partition coefficient (Wildman–Crippen LogP) is 2.11. The molecule has 4 amide bonds. The van der Waals surface area contributed by atoms with E-state index < -0.39 is 45.6 Å². The van der Waals surface area contributed by atoms with Gasteiger partial charge in [0.15, 0.2) is 11.5 Å². The second kappa shape index (κ2) is 7.38. The molecule has 2 aromatic rings. The number of rotatable bonds is 4. The van der Waals surface area contributed by atoms with E-state index in [9.17, 15) is 34.0 Å². The molecule has 0 aromatic heterocycles. The zero-order chi connectivity index (χ0) is 21.3. The number of carbonyl (C=O) groups is 3. The van der Waals surface area contributed by atoms with Gasteiger partial charge in [-0.2, -0.15) is 0 Å². The number of benzene rings is 2. The number of anilines is 1. The number of hydrogen-bond acceptors (Lipinski definition) is 7. The lowest BCUT2D eigenvalue weighted by Crippen LogP contribution is -2.54. The number of non-ortho nitro benzene ring substituents is 1. The van der Waals surface area contributed by atoms with Gasteiger partial charge in [-0.15, -0.1) is 0 Å². The number of imide groups is 2. The summed E-state index contributed by atoms with van der Waals surface area (Å²) in [6.45, 7) is 0. The number of nitrogens with one attached hydrogen (secondary N) is 1. The monoisotopic (exact) mass is 401 g/mol. The number of aromatic hydroxyl groups is 1. The fraction of sp³-hybridized carbons (Fsp3) is 0.0556. The molecule has 0 aliphatic carbocycles. The standard InChI is InChI=1S/C18H12FN3O7/c1-29-14-8-12(22(27)28)6-9(15(14)23)7-13-16(24)20-18(26)21(17(13)25)11-4-2-10(19)3-5-11/h2-8,23H,1H3,(H,20,24,26)/b13-7+. The third kappa shape index (κ3) is 3.60. The Bertz CT molecular complexity index is 1080. The van der Waals surface area contributed by atoms with Crippen molar-refractivity contribution in [2.45, 2.75) is 0 Å². The van der Waals surface area contributed by atoms with Crippen LogP contribution in [0.4, 0.5) is 20.6 Å². The molecule has 1 aliphatic rings. The number of urea groups is 1. The molecule has 1 heterocycles. The van der Waals surface area contributed by atoms with Gasteiger partial charge in [0.2, 0.25) is 0 Å². The van der Waals surface area contributed by atoms with Crippen LogP contribution in [0.15, 0.2) is 42.0 Å². The molecule has 2 aromatic carbocycles. The third-order valence-electron chi connectivity index (χ3n) is 4.01. The van der Waals surface area contributed by atoms with Gasteiger partial charge in [-0.3, -0.25) is 25.0 Å². The van der Waals surface area contributed by atoms with E-state index in [1.165, 1.54) is 7.11 Å². The van der Waals surface area contributed by atoms with Crippen LogP contribution in [0.5, 0.6) is 11.5 Å². The summed E-state index contributed by atoms with van der Waals surface area (Å²) in [5.74, 6) is -3.52. The van der Waals surface area contributed by atoms with Crippen LogP contribution in [0.2, 0.25) is 0 Å². The molecular weight excluding hydrogens is 389 g/mol. The van der Waals surface area contributed by atoms with Crippen LogP contribution in [0, 0.1) is 15.9 Å². The molecule has 148 valence electrons. The average molecular weight is 401 g/mol. The van der Waals surface area contributed by atoms with Crippen molar-refractivity contribution in [2.24, 2.45) is 0 Å². The lowest BCUT2D eigenvalue weighted by molar-refractivity contribution is -0.385. The number of halogens is 1. The number of nitro benzene ring substituents is 1. The minimum Gasteiger partial charge on any atom is -0.504 e. The number of carbonyl (C=O) groups excluding carboxylic acids is 3. The number of ether oxygens (including phenoxy) is 1. The molecule has 0 radical (unpaired) electrons. The Labute approximate surface area is 162 Å². The summed E-state index contributed by atoms with van der Waals surface area (Å²) in [6.07, 6.45) is 0.894. The predicted molar refractivity (Wildman–Crippen MR) is 96.7 cm³/mol. The van der Waals surface area contributed by atoms with Crippen molar-refractivity contribution in [3.05, 3.63) is 63.5 Å². The summed E-state index contributed by atoms with van der Waals surface area (Å²) in [5, 5.41) is 23.2. The van der Waals surface area contributed by atoms with Crippen molar-refractivity contribution in [1.82, 2.24) is 5.32 Å². The molecule has 2 N–H and O–H groups in total. The van der Waals surface area contributed by atoms with E-state index in [1.807, 2.05) is 5.32 Å². The number of hydrogen-bond donors (Lipinski definition) is 2. The van der Waals surface area contributed by atoms with Gasteiger partial charge < -0.3 is 9.84 Å². The summed E-state index contributed by atoms with van der Waals surface area (Å²) >= 11 is 0. The van der Waals surface area contributed by atoms with Crippen LogP contribution in [0.3, 0.4) is 0 Å². The second-order valence-electron chi connectivity index (χ2n) is 5.78. The van der Waals surface area contributed by atoms with Crippen LogP contribution in [-0.2, 0) is 9.59 Å². The van der Waals surface area contributed by atoms with Gasteiger partial charge >= 0.3 is 6.03 Å². The highest BCUT2D eigenvalue weighted by Crippen LogP contribution is 2.36. The lowest BCUT2D eigenvalue weighted by Gasteiger charge is -2.26. The number of nitrogens with zero attached hydrogens (tertiary/aromatic N) is 2. The first kappa shape index (κ1) is 19.5. The zero-order valence-corrected chi connectivity index (χ0v) is 14.7. The highest BCUT2D eigenvalue weighted by molar-refractivity contribution is 6.39. The lowest BCUT2D eigenvalue weighted by atomic mass is 10.0. The van der Waals surface area contributed by atoms with E-state index in [0.29, 0.717) is 4.90 Å². The first-order chi connectivity index (χ1) is 13.7. The average Bonchev–Trinajstić information content (AvgIpc) is 2.67. The largest absolute Gasteiger partial charge is 0.504 e. The van der Waals surface area contributed by atoms with Crippen molar-refractivity contribution in [3.8, 4) is 11.5 Å². The second-order valence-corrected chi connectivity index (χ2v) is 5.78. The minimum atomic E-state index is -1.07. The van der Waals surface area contributed by atoms with E-state index in [-0.39, 0.29) is 17.0 Å². The van der Waals surface area contributed by atoms with Gasteiger partial charge in [-0.1, -0.05) is 0 Å². The van der Waals surface area contributed by atoms with Crippen LogP contribution in [0.25, 0.3) is 6.08 Å². The maximum Gasteiger partial charge on any atom is 0.335 e. The van der Waals surface area contributed by atoms with Crippen molar-refractivity contribution >= 4 is 35.3 Å². The van der Waals surface area contributed by atoms with Crippen LogP contribution < -0.4 is 15.0 Å². The maximum atomic E-state index is 13.1. The summed E-state index contributed by atoms with van der Waals surface area (Å²) < 4.78 is 18.0. The molecule has 10 nitrogen and oxygen atoms in total. The fourth-order valence-corrected chi connectivity index (χ4v) is 2.62. The Morgan fingerprint density at radius 3 is 2.45 bits per heavy atom. The number of nitro groups is 1. The summed E-state index contributed by atoms with van der Waals surface area (Å²) in [4.78, 5) is 48.0. The quantitative estimate of drug-likeness (QED) is 0.346. The topological polar surface area (TPSA) is 139 Å². The van der Waals surface area contributed by atoms with Crippen molar-refractivity contribution in [2.75, 3.05) is 12.0 Å². The van der Waals surface area contributed by atoms with E-state index in [2.05, 4.69) is 0 Å². The van der Waals surface area contributed by atoms with E-state index in [4.69, 9.17) is 4.74 Å². The first-order valence-electron chi connectivity index (χ1n) is 7.95. The SMILES string of the molecule is COc1cc([N+](=O)[O-])cc(/C=C2\C(=O)NC(=O)N(c3ccc(F)cc3)C2=O)c1O. The Morgan fingerprint density at radius 2 is 1.86 bits per heavy atom. The molecule has 0 atom stereocenters. The molecule has 0 bridgehead atoms. The van der Waals surface area contributed by atoms with Gasteiger partial charge in [0.1, 0.15) is 11.4 Å². The smallest absolute Gasteiger partial charge is 0.335 e. The van der Waals surface area contributed by atoms with Gasteiger partial charge in [0.25, 0.3) is 17.5 Å². The molecule has 3 rings (SSSR count). The number of phenols is 1. The maximum absolute atomic E-state index is 13.1. The Kier molecular flexibility index (Phi) is 4.96. The summed E-state index contributed by atoms with van der Waals surface area (Å²) in [6, 6.07) is 5.21. The van der Waals surface area contributed by atoms with Crippen molar-refractivity contribution < 1.29 is 33.5 Å². The van der Waals surface area contributed by atoms with Crippen LogP contribution in [0.1, 0.15) is 5.56 Å². The highest BCUT2D eigenvalue weighted by atomic mass is 19.1. The third-order valence-corrected chi connectivity index (χ3v) is 4.01. The molecule has 0 unspecified atom stereocenters.